The molecule has 0 aromatic heterocycles. The fourth-order valence-electron chi connectivity index (χ4n) is 7.14. The van der Waals surface area contributed by atoms with E-state index in [0.29, 0.717) is 12.8 Å². The highest BCUT2D eigenvalue weighted by Crippen LogP contribution is 2.71. The molecule has 0 aromatic rings. The van der Waals surface area contributed by atoms with Gasteiger partial charge in [0.15, 0.2) is 11.6 Å². The van der Waals surface area contributed by atoms with Crippen LogP contribution in [0.15, 0.2) is 23.6 Å². The normalized spacial score (nSPS) is 51.5. The van der Waals surface area contributed by atoms with Crippen LogP contribution < -0.4 is 0 Å². The summed E-state index contributed by atoms with van der Waals surface area (Å²) in [7, 11) is 0. The van der Waals surface area contributed by atoms with E-state index in [1.807, 2.05) is 0 Å². The molecule has 4 aliphatic carbocycles. The Morgan fingerprint density at radius 3 is 2.66 bits per heavy atom. The number of allylic oxidation sites excluding steroid dienone is 4. The van der Waals surface area contributed by atoms with Crippen LogP contribution in [0.4, 0.5) is 4.39 Å². The number of carbonyl (C=O) groups excluding carboxylic acids is 2. The summed E-state index contributed by atoms with van der Waals surface area (Å²) in [6, 6.07) is 0. The summed E-state index contributed by atoms with van der Waals surface area (Å²) < 4.78 is 15.2. The van der Waals surface area contributed by atoms with Gasteiger partial charge in [0.2, 0.25) is 0 Å². The molecule has 0 radical (unpaired) electrons. The molecule has 0 heterocycles. The van der Waals surface area contributed by atoms with Crippen LogP contribution >= 0.6 is 11.6 Å². The number of Topliss-reactive ketones (excluding diaryl/α,β-unsaturated/α-hetero) is 1. The predicted molar refractivity (Wildman–Crippen MR) is 105 cm³/mol. The van der Waals surface area contributed by atoms with E-state index in [-0.39, 0.29) is 30.1 Å². The summed E-state index contributed by atoms with van der Waals surface area (Å²) in [4.78, 5) is 23.3. The second-order valence-electron chi connectivity index (χ2n) is 9.89. The highest BCUT2D eigenvalue weighted by atomic mass is 35.5. The Bertz CT molecular complexity index is 854. The van der Waals surface area contributed by atoms with Gasteiger partial charge in [-0.25, -0.2) is 4.39 Å². The minimum Gasteiger partial charge on any atom is -0.391 e. The molecule has 0 unspecified atom stereocenters. The first-order valence-electron chi connectivity index (χ1n) is 10.2. The van der Waals surface area contributed by atoms with E-state index in [4.69, 9.17) is 11.6 Å². The van der Waals surface area contributed by atoms with Crippen LogP contribution in [0.5, 0.6) is 0 Å². The SMILES string of the molecule is C[C@H]1C[C@H]2[C@@H]3C=C(F)C4=CC(=O)CC[C@]4(C)[C@@]3(Cl)[C@@H](O)C[C@]2(C)[C@@]1(O)C(=O)CO. The Hall–Kier alpha value is -1.08. The van der Waals surface area contributed by atoms with Crippen molar-refractivity contribution in [2.45, 2.75) is 63.0 Å². The highest BCUT2D eigenvalue weighted by Gasteiger charge is 2.74. The molecule has 0 aliphatic heterocycles. The summed E-state index contributed by atoms with van der Waals surface area (Å²) in [5.41, 5.74) is -3.60. The Kier molecular flexibility index (Phi) is 4.54. The van der Waals surface area contributed by atoms with E-state index >= 15 is 4.39 Å². The predicted octanol–water partition coefficient (Wildman–Crippen LogP) is 2.46. The van der Waals surface area contributed by atoms with Gasteiger partial charge in [-0.05, 0) is 48.8 Å². The summed E-state index contributed by atoms with van der Waals surface area (Å²) in [5.74, 6) is -2.82. The van der Waals surface area contributed by atoms with Gasteiger partial charge in [-0.3, -0.25) is 9.59 Å². The Balaban J connectivity index is 1.91. The van der Waals surface area contributed by atoms with E-state index in [9.17, 15) is 24.9 Å². The maximum atomic E-state index is 15.2. The van der Waals surface area contributed by atoms with Gasteiger partial charge in [0.05, 0.1) is 11.0 Å². The molecule has 29 heavy (non-hydrogen) atoms. The molecule has 8 atom stereocenters. The number of fused-ring (bicyclic) bond motifs is 5. The van der Waals surface area contributed by atoms with E-state index in [2.05, 4.69) is 0 Å². The van der Waals surface area contributed by atoms with Crippen molar-refractivity contribution in [2.24, 2.45) is 28.6 Å². The van der Waals surface area contributed by atoms with Gasteiger partial charge in [0.25, 0.3) is 0 Å². The molecule has 2 fully saturated rings. The maximum Gasteiger partial charge on any atom is 0.190 e. The van der Waals surface area contributed by atoms with Gasteiger partial charge in [-0.15, -0.1) is 11.6 Å². The quantitative estimate of drug-likeness (QED) is 0.589. The fraction of sp³-hybridized carbons (Fsp3) is 0.727. The molecule has 3 N–H and O–H groups in total. The minimum atomic E-state index is -1.82. The second-order valence-corrected chi connectivity index (χ2v) is 10.5. The number of hydrogen-bond donors (Lipinski definition) is 3. The molecule has 5 nitrogen and oxygen atoms in total. The van der Waals surface area contributed by atoms with Crippen LogP contribution in [0.1, 0.15) is 46.5 Å². The smallest absolute Gasteiger partial charge is 0.190 e. The van der Waals surface area contributed by atoms with Gasteiger partial charge < -0.3 is 15.3 Å². The van der Waals surface area contributed by atoms with Crippen LogP contribution in [-0.4, -0.2) is 50.1 Å². The number of carbonyl (C=O) groups is 2. The first-order chi connectivity index (χ1) is 13.4. The lowest BCUT2D eigenvalue weighted by molar-refractivity contribution is -0.176. The first-order valence-corrected chi connectivity index (χ1v) is 10.6. The Morgan fingerprint density at radius 1 is 1.38 bits per heavy atom. The molecule has 0 spiro atoms. The molecule has 4 rings (SSSR count). The second kappa shape index (κ2) is 6.22. The number of aliphatic hydroxyl groups is 3. The van der Waals surface area contributed by atoms with Crippen molar-refractivity contribution in [1.29, 1.82) is 0 Å². The van der Waals surface area contributed by atoms with Gasteiger partial charge in [0, 0.05) is 23.2 Å². The van der Waals surface area contributed by atoms with Crippen molar-refractivity contribution in [3.8, 4) is 0 Å². The van der Waals surface area contributed by atoms with Crippen molar-refractivity contribution < 1.29 is 29.3 Å². The number of aliphatic hydroxyl groups excluding tert-OH is 2. The van der Waals surface area contributed by atoms with Crippen molar-refractivity contribution in [2.75, 3.05) is 6.61 Å². The lowest BCUT2D eigenvalue weighted by atomic mass is 9.46. The summed E-state index contributed by atoms with van der Waals surface area (Å²) >= 11 is 7.21. The minimum absolute atomic E-state index is 0.0521. The third-order valence-corrected chi connectivity index (χ3v) is 9.72. The van der Waals surface area contributed by atoms with E-state index < -0.39 is 57.5 Å². The number of hydrogen-bond acceptors (Lipinski definition) is 5. The highest BCUT2D eigenvalue weighted by molar-refractivity contribution is 6.26. The van der Waals surface area contributed by atoms with E-state index in [0.717, 1.165) is 0 Å². The molecule has 0 aromatic carbocycles. The van der Waals surface area contributed by atoms with Gasteiger partial charge in [-0.2, -0.15) is 0 Å². The van der Waals surface area contributed by atoms with Crippen LogP contribution in [0.2, 0.25) is 0 Å². The maximum absolute atomic E-state index is 15.2. The molecule has 2 saturated carbocycles. The number of rotatable bonds is 2. The van der Waals surface area contributed by atoms with E-state index in [1.165, 1.54) is 12.2 Å². The fourth-order valence-corrected chi connectivity index (χ4v) is 7.63. The first kappa shape index (κ1) is 21.2. The third kappa shape index (κ3) is 2.26. The molecule has 0 amide bonds. The van der Waals surface area contributed by atoms with Gasteiger partial charge in [-0.1, -0.05) is 20.8 Å². The van der Waals surface area contributed by atoms with Crippen LogP contribution in [0.3, 0.4) is 0 Å². The molecular formula is C22H28ClFO5. The molecule has 160 valence electrons. The zero-order chi connectivity index (χ0) is 21.6. The topological polar surface area (TPSA) is 94.8 Å². The van der Waals surface area contributed by atoms with E-state index in [1.54, 1.807) is 20.8 Å². The van der Waals surface area contributed by atoms with Crippen molar-refractivity contribution in [3.63, 3.8) is 0 Å². The Labute approximate surface area is 174 Å². The number of alkyl halides is 1. The molecular weight excluding hydrogens is 399 g/mol. The standard InChI is InChI=1S/C22H28ClFO5/c1-11-6-13-14-8-16(24)15-7-12(26)4-5-19(15,2)21(14,23)17(27)9-20(13,3)22(11,29)18(28)10-25/h7-8,11,13-14,17,25,27,29H,4-6,9-10H2,1-3H3/t11-,13-,14-,17-,19-,20-,21-,22-/m0/s1. The van der Waals surface area contributed by atoms with Crippen molar-refractivity contribution in [1.82, 2.24) is 0 Å². The average molecular weight is 427 g/mol. The van der Waals surface area contributed by atoms with Crippen LogP contribution in [0, 0.1) is 28.6 Å². The lowest BCUT2D eigenvalue weighted by Crippen LogP contribution is -2.68. The summed E-state index contributed by atoms with van der Waals surface area (Å²) in [6.45, 7) is 4.48. The molecule has 0 bridgehead atoms. The molecule has 0 saturated heterocycles. The zero-order valence-electron chi connectivity index (χ0n) is 16.9. The number of ketones is 2. The van der Waals surface area contributed by atoms with Crippen molar-refractivity contribution in [3.05, 3.63) is 23.6 Å². The van der Waals surface area contributed by atoms with Crippen LogP contribution in [-0.2, 0) is 9.59 Å². The lowest BCUT2D eigenvalue weighted by Gasteiger charge is -2.63. The number of halogens is 2. The Morgan fingerprint density at radius 2 is 2.03 bits per heavy atom. The van der Waals surface area contributed by atoms with Crippen molar-refractivity contribution >= 4 is 23.2 Å². The summed E-state index contributed by atoms with van der Waals surface area (Å²) in [5, 5.41) is 32.2. The third-order valence-electron chi connectivity index (χ3n) is 8.80. The van der Waals surface area contributed by atoms with Gasteiger partial charge >= 0.3 is 0 Å². The van der Waals surface area contributed by atoms with Gasteiger partial charge in [0.1, 0.15) is 18.0 Å². The molecule has 4 aliphatic rings. The molecule has 7 heteroatoms. The monoisotopic (exact) mass is 426 g/mol. The largest absolute Gasteiger partial charge is 0.391 e. The average Bonchev–Trinajstić information content (AvgIpc) is 2.86. The zero-order valence-corrected chi connectivity index (χ0v) is 17.7. The summed E-state index contributed by atoms with van der Waals surface area (Å²) in [6.07, 6.45) is 2.58. The van der Waals surface area contributed by atoms with Crippen LogP contribution in [0.25, 0.3) is 0 Å².